The number of methoxy groups -OCH3 is 1. The molecule has 1 heterocycles. The average molecular weight is 404 g/mol. The van der Waals surface area contributed by atoms with Crippen molar-refractivity contribution >= 4 is 21.6 Å². The van der Waals surface area contributed by atoms with Crippen molar-refractivity contribution in [2.75, 3.05) is 30.8 Å². The van der Waals surface area contributed by atoms with Crippen LogP contribution in [0.5, 0.6) is 11.5 Å². The van der Waals surface area contributed by atoms with Crippen LogP contribution >= 0.6 is 0 Å². The van der Waals surface area contributed by atoms with Crippen LogP contribution in [0.1, 0.15) is 12.0 Å². The molecule has 8 heteroatoms. The smallest absolute Gasteiger partial charge is 0.261 e. The Balaban J connectivity index is 1.63. The molecule has 1 atom stereocenters. The minimum atomic E-state index is -3.46. The first-order chi connectivity index (χ1) is 13.4. The molecule has 0 saturated carbocycles. The number of nitrogens with zero attached hydrogens (tertiary/aromatic N) is 1. The van der Waals surface area contributed by atoms with Crippen molar-refractivity contribution in [3.63, 3.8) is 0 Å². The molecule has 1 aliphatic rings. The predicted octanol–water partition coefficient (Wildman–Crippen LogP) is 1.97. The van der Waals surface area contributed by atoms with Crippen LogP contribution in [0.2, 0.25) is 0 Å². The quantitative estimate of drug-likeness (QED) is 0.796. The summed E-state index contributed by atoms with van der Waals surface area (Å²) in [6.07, 6.45) is 1.35. The monoisotopic (exact) mass is 404 g/mol. The van der Waals surface area contributed by atoms with Crippen LogP contribution < -0.4 is 19.1 Å². The molecule has 28 heavy (non-hydrogen) atoms. The zero-order valence-electron chi connectivity index (χ0n) is 15.9. The van der Waals surface area contributed by atoms with Gasteiger partial charge in [0.2, 0.25) is 10.0 Å². The topological polar surface area (TPSA) is 84.9 Å². The van der Waals surface area contributed by atoms with Gasteiger partial charge < -0.3 is 14.8 Å². The van der Waals surface area contributed by atoms with Gasteiger partial charge in [-0.05, 0) is 36.2 Å². The zero-order valence-corrected chi connectivity index (χ0v) is 16.7. The molecule has 0 spiro atoms. The minimum absolute atomic E-state index is 0.187. The average Bonchev–Trinajstić information content (AvgIpc) is 2.88. The van der Waals surface area contributed by atoms with Crippen molar-refractivity contribution in [3.05, 3.63) is 54.1 Å². The maximum absolute atomic E-state index is 12.6. The molecule has 1 amide bonds. The van der Waals surface area contributed by atoms with E-state index < -0.39 is 16.1 Å². The Hall–Kier alpha value is -2.74. The molecule has 2 aromatic carbocycles. The molecule has 0 aliphatic carbocycles. The van der Waals surface area contributed by atoms with E-state index in [2.05, 4.69) is 5.32 Å². The first kappa shape index (κ1) is 20.0. The van der Waals surface area contributed by atoms with Gasteiger partial charge in [0, 0.05) is 19.5 Å². The molecule has 150 valence electrons. The molecule has 0 aromatic heterocycles. The van der Waals surface area contributed by atoms with E-state index in [9.17, 15) is 13.2 Å². The second kappa shape index (κ2) is 8.52. The third-order valence-corrected chi connectivity index (χ3v) is 5.74. The van der Waals surface area contributed by atoms with Gasteiger partial charge in [-0.1, -0.05) is 24.3 Å². The van der Waals surface area contributed by atoms with Crippen molar-refractivity contribution in [3.8, 4) is 11.5 Å². The van der Waals surface area contributed by atoms with E-state index in [1.807, 2.05) is 24.3 Å². The SMILES string of the molecule is COc1ccc(CCNC(=O)C2CCN(S(C)(=O)=O)c3ccccc3O2)cc1. The lowest BCUT2D eigenvalue weighted by Gasteiger charge is -2.20. The number of rotatable bonds is 6. The maximum atomic E-state index is 12.6. The van der Waals surface area contributed by atoms with Crippen LogP contribution in [-0.4, -0.2) is 46.9 Å². The highest BCUT2D eigenvalue weighted by molar-refractivity contribution is 7.92. The van der Waals surface area contributed by atoms with Crippen LogP contribution in [0.15, 0.2) is 48.5 Å². The molecule has 7 nitrogen and oxygen atoms in total. The highest BCUT2D eigenvalue weighted by Gasteiger charge is 2.30. The number of carbonyl (C=O) groups excluding carboxylic acids is 1. The Bertz CT molecular complexity index is 928. The summed E-state index contributed by atoms with van der Waals surface area (Å²) >= 11 is 0. The van der Waals surface area contributed by atoms with Crippen molar-refractivity contribution in [2.45, 2.75) is 18.9 Å². The van der Waals surface area contributed by atoms with E-state index in [1.165, 1.54) is 4.31 Å². The fraction of sp³-hybridized carbons (Fsp3) is 0.350. The van der Waals surface area contributed by atoms with E-state index in [1.54, 1.807) is 31.4 Å². The molecule has 0 radical (unpaired) electrons. The Morgan fingerprint density at radius 1 is 1.21 bits per heavy atom. The normalized spacial score (nSPS) is 16.5. The number of para-hydroxylation sites is 2. The summed E-state index contributed by atoms with van der Waals surface area (Å²) in [7, 11) is -1.84. The van der Waals surface area contributed by atoms with Gasteiger partial charge in [-0.2, -0.15) is 0 Å². The van der Waals surface area contributed by atoms with Crippen molar-refractivity contribution in [2.24, 2.45) is 0 Å². The minimum Gasteiger partial charge on any atom is -0.497 e. The number of ether oxygens (including phenoxy) is 2. The number of amides is 1. The number of benzene rings is 2. The van der Waals surface area contributed by atoms with Crippen LogP contribution in [0.25, 0.3) is 0 Å². The number of fused-ring (bicyclic) bond motifs is 1. The summed E-state index contributed by atoms with van der Waals surface area (Å²) in [5.41, 5.74) is 1.54. The Morgan fingerprint density at radius 3 is 2.61 bits per heavy atom. The predicted molar refractivity (Wildman–Crippen MR) is 107 cm³/mol. The molecule has 0 fully saturated rings. The summed E-state index contributed by atoms with van der Waals surface area (Å²) in [5, 5.41) is 2.88. The highest BCUT2D eigenvalue weighted by Crippen LogP contribution is 2.33. The van der Waals surface area contributed by atoms with Crippen LogP contribution in [-0.2, 0) is 21.2 Å². The summed E-state index contributed by atoms with van der Waals surface area (Å²) in [6.45, 7) is 0.648. The van der Waals surface area contributed by atoms with E-state index >= 15 is 0 Å². The number of carbonyl (C=O) groups is 1. The van der Waals surface area contributed by atoms with E-state index in [0.29, 0.717) is 24.4 Å². The maximum Gasteiger partial charge on any atom is 0.261 e. The number of hydrogen-bond acceptors (Lipinski definition) is 5. The van der Waals surface area contributed by atoms with Gasteiger partial charge in [0.05, 0.1) is 19.1 Å². The molecule has 0 bridgehead atoms. The van der Waals surface area contributed by atoms with Gasteiger partial charge >= 0.3 is 0 Å². The number of anilines is 1. The molecule has 1 N–H and O–H groups in total. The number of sulfonamides is 1. The molecular formula is C20H24N2O5S. The van der Waals surface area contributed by atoms with Gasteiger partial charge in [0.15, 0.2) is 6.10 Å². The van der Waals surface area contributed by atoms with Crippen LogP contribution in [0.4, 0.5) is 5.69 Å². The fourth-order valence-corrected chi connectivity index (χ4v) is 4.04. The Labute approximate surface area is 165 Å². The number of nitrogens with one attached hydrogen (secondary N) is 1. The van der Waals surface area contributed by atoms with E-state index in [4.69, 9.17) is 9.47 Å². The lowest BCUT2D eigenvalue weighted by Crippen LogP contribution is -2.40. The van der Waals surface area contributed by atoms with Crippen molar-refractivity contribution in [1.29, 1.82) is 0 Å². The van der Waals surface area contributed by atoms with Gasteiger partial charge in [-0.15, -0.1) is 0 Å². The highest BCUT2D eigenvalue weighted by atomic mass is 32.2. The summed E-state index contributed by atoms with van der Waals surface area (Å²) in [6, 6.07) is 14.5. The zero-order chi connectivity index (χ0) is 20.1. The second-order valence-electron chi connectivity index (χ2n) is 6.59. The Kier molecular flexibility index (Phi) is 6.08. The number of hydrogen-bond donors (Lipinski definition) is 1. The van der Waals surface area contributed by atoms with Gasteiger partial charge in [-0.25, -0.2) is 8.42 Å². The Morgan fingerprint density at radius 2 is 1.93 bits per heavy atom. The largest absolute Gasteiger partial charge is 0.497 e. The second-order valence-corrected chi connectivity index (χ2v) is 8.49. The summed E-state index contributed by atoms with van der Waals surface area (Å²) in [5.74, 6) is 0.924. The fourth-order valence-electron chi connectivity index (χ4n) is 3.10. The molecule has 2 aromatic rings. The third kappa shape index (κ3) is 4.75. The summed E-state index contributed by atoms with van der Waals surface area (Å²) in [4.78, 5) is 12.6. The van der Waals surface area contributed by atoms with Gasteiger partial charge in [0.1, 0.15) is 11.5 Å². The molecule has 0 saturated heterocycles. The lowest BCUT2D eigenvalue weighted by molar-refractivity contribution is -0.128. The summed E-state index contributed by atoms with van der Waals surface area (Å²) < 4.78 is 36.5. The third-order valence-electron chi connectivity index (χ3n) is 4.56. The van der Waals surface area contributed by atoms with E-state index in [-0.39, 0.29) is 18.9 Å². The van der Waals surface area contributed by atoms with E-state index in [0.717, 1.165) is 17.6 Å². The first-order valence-corrected chi connectivity index (χ1v) is 10.9. The first-order valence-electron chi connectivity index (χ1n) is 9.02. The molecule has 1 aliphatic heterocycles. The van der Waals surface area contributed by atoms with Gasteiger partial charge in [0.25, 0.3) is 5.91 Å². The van der Waals surface area contributed by atoms with Crippen molar-refractivity contribution < 1.29 is 22.7 Å². The molecule has 1 unspecified atom stereocenters. The molecular weight excluding hydrogens is 380 g/mol. The van der Waals surface area contributed by atoms with Crippen LogP contribution in [0, 0.1) is 0 Å². The van der Waals surface area contributed by atoms with Crippen LogP contribution in [0.3, 0.4) is 0 Å². The van der Waals surface area contributed by atoms with Crippen molar-refractivity contribution in [1.82, 2.24) is 5.32 Å². The van der Waals surface area contributed by atoms with Gasteiger partial charge in [-0.3, -0.25) is 9.10 Å². The molecule has 3 rings (SSSR count). The lowest BCUT2D eigenvalue weighted by atomic mass is 10.1. The standard InChI is InChI=1S/C20H24N2O5S/c1-26-16-9-7-15(8-10-16)11-13-21-20(23)19-12-14-22(28(2,24)25)17-5-3-4-6-18(17)27-19/h3-10,19H,11-14H2,1-2H3,(H,21,23).